The van der Waals surface area contributed by atoms with Crippen LogP contribution in [0, 0.1) is 0 Å². The summed E-state index contributed by atoms with van der Waals surface area (Å²) in [5, 5.41) is 2.87. The first kappa shape index (κ1) is 12.5. The second-order valence-electron chi connectivity index (χ2n) is 4.87. The average Bonchev–Trinajstić information content (AvgIpc) is 2.80. The van der Waals surface area contributed by atoms with Gasteiger partial charge < -0.3 is 16.0 Å². The van der Waals surface area contributed by atoms with Crippen molar-refractivity contribution in [2.75, 3.05) is 22.5 Å². The summed E-state index contributed by atoms with van der Waals surface area (Å²) < 4.78 is 0. The molecule has 4 heteroatoms. The fraction of sp³-hybridized carbons (Fsp3) is 0.188. The number of nitrogens with zero attached hydrogens (tertiary/aromatic N) is 1. The van der Waals surface area contributed by atoms with Gasteiger partial charge >= 0.3 is 0 Å². The van der Waals surface area contributed by atoms with E-state index in [1.54, 1.807) is 0 Å². The highest BCUT2D eigenvalue weighted by Gasteiger charge is 2.21. The molecule has 0 radical (unpaired) electrons. The third-order valence-corrected chi connectivity index (χ3v) is 3.55. The van der Waals surface area contributed by atoms with Crippen molar-refractivity contribution in [2.45, 2.75) is 13.3 Å². The van der Waals surface area contributed by atoms with Gasteiger partial charge in [-0.05, 0) is 36.8 Å². The zero-order valence-electron chi connectivity index (χ0n) is 11.4. The summed E-state index contributed by atoms with van der Waals surface area (Å²) in [6, 6.07) is 14.0. The largest absolute Gasteiger partial charge is 0.397 e. The second-order valence-corrected chi connectivity index (χ2v) is 4.87. The number of fused-ring (bicyclic) bond motifs is 1. The van der Waals surface area contributed by atoms with Gasteiger partial charge in [-0.1, -0.05) is 18.2 Å². The zero-order valence-corrected chi connectivity index (χ0v) is 11.4. The molecule has 102 valence electrons. The van der Waals surface area contributed by atoms with Crippen molar-refractivity contribution in [3.63, 3.8) is 0 Å². The molecule has 1 aliphatic rings. The van der Waals surface area contributed by atoms with Crippen LogP contribution in [0.2, 0.25) is 0 Å². The van der Waals surface area contributed by atoms with Crippen molar-refractivity contribution in [3.05, 3.63) is 48.0 Å². The Bertz CT molecular complexity index is 652. The van der Waals surface area contributed by atoms with Gasteiger partial charge in [-0.15, -0.1) is 0 Å². The normalized spacial score (nSPS) is 12.9. The summed E-state index contributed by atoms with van der Waals surface area (Å²) >= 11 is 0. The number of hydrogen-bond acceptors (Lipinski definition) is 3. The van der Waals surface area contributed by atoms with E-state index in [2.05, 4.69) is 29.3 Å². The van der Waals surface area contributed by atoms with E-state index in [4.69, 9.17) is 5.73 Å². The third-order valence-electron chi connectivity index (χ3n) is 3.55. The topological polar surface area (TPSA) is 58.4 Å². The molecule has 1 amide bonds. The number of carbonyl (C=O) groups is 1. The van der Waals surface area contributed by atoms with Gasteiger partial charge in [0.25, 0.3) is 0 Å². The van der Waals surface area contributed by atoms with E-state index in [1.165, 1.54) is 0 Å². The minimum absolute atomic E-state index is 0.0271. The highest BCUT2D eigenvalue weighted by Crippen LogP contribution is 2.36. The van der Waals surface area contributed by atoms with Crippen molar-refractivity contribution in [1.82, 2.24) is 0 Å². The first-order valence-electron chi connectivity index (χ1n) is 6.74. The Hall–Kier alpha value is -2.49. The second kappa shape index (κ2) is 4.89. The van der Waals surface area contributed by atoms with Crippen LogP contribution >= 0.6 is 0 Å². The summed E-state index contributed by atoms with van der Waals surface area (Å²) in [4.78, 5) is 13.6. The molecule has 20 heavy (non-hydrogen) atoms. The van der Waals surface area contributed by atoms with Crippen molar-refractivity contribution in [1.29, 1.82) is 0 Å². The Morgan fingerprint density at radius 1 is 1.25 bits per heavy atom. The number of anilines is 4. The first-order chi connectivity index (χ1) is 9.69. The van der Waals surface area contributed by atoms with Gasteiger partial charge in [0.2, 0.25) is 5.91 Å². The summed E-state index contributed by atoms with van der Waals surface area (Å²) in [5.41, 5.74) is 10.7. The maximum absolute atomic E-state index is 11.5. The number of nitrogen functional groups attached to an aromatic ring is 1. The predicted octanol–water partition coefficient (Wildman–Crippen LogP) is 2.92. The first-order valence-corrected chi connectivity index (χ1v) is 6.74. The number of carbonyl (C=O) groups excluding carboxylic acids is 1. The molecule has 0 atom stereocenters. The fourth-order valence-corrected chi connectivity index (χ4v) is 2.62. The minimum atomic E-state index is 0.0271. The van der Waals surface area contributed by atoms with Crippen LogP contribution < -0.4 is 16.0 Å². The maximum Gasteiger partial charge on any atom is 0.228 e. The molecule has 3 rings (SSSR count). The monoisotopic (exact) mass is 267 g/mol. The van der Waals surface area contributed by atoms with E-state index in [9.17, 15) is 4.79 Å². The van der Waals surface area contributed by atoms with Crippen LogP contribution in [0.5, 0.6) is 0 Å². The van der Waals surface area contributed by atoms with E-state index in [1.807, 2.05) is 30.3 Å². The van der Waals surface area contributed by atoms with Gasteiger partial charge in [-0.25, -0.2) is 0 Å². The third kappa shape index (κ3) is 2.09. The molecule has 4 nitrogen and oxygen atoms in total. The molecule has 2 aromatic carbocycles. The number of hydrogen-bond donors (Lipinski definition) is 2. The Kier molecular flexibility index (Phi) is 3.06. The van der Waals surface area contributed by atoms with Gasteiger partial charge in [0.05, 0.1) is 17.8 Å². The van der Waals surface area contributed by atoms with Crippen molar-refractivity contribution in [2.24, 2.45) is 0 Å². The van der Waals surface area contributed by atoms with E-state index < -0.39 is 0 Å². The van der Waals surface area contributed by atoms with Crippen molar-refractivity contribution in [3.8, 4) is 0 Å². The summed E-state index contributed by atoms with van der Waals surface area (Å²) in [5.74, 6) is 0.0271. The highest BCUT2D eigenvalue weighted by atomic mass is 16.1. The lowest BCUT2D eigenvalue weighted by Gasteiger charge is -2.25. The molecule has 0 fully saturated rings. The Morgan fingerprint density at radius 3 is 2.70 bits per heavy atom. The Labute approximate surface area is 118 Å². The zero-order chi connectivity index (χ0) is 14.1. The van der Waals surface area contributed by atoms with Crippen LogP contribution in [0.25, 0.3) is 0 Å². The Balaban J connectivity index is 2.05. The van der Waals surface area contributed by atoms with Crippen LogP contribution in [0.3, 0.4) is 0 Å². The van der Waals surface area contributed by atoms with Crippen molar-refractivity contribution < 1.29 is 4.79 Å². The molecule has 1 heterocycles. The van der Waals surface area contributed by atoms with Crippen LogP contribution in [-0.2, 0) is 11.2 Å². The van der Waals surface area contributed by atoms with Gasteiger partial charge in [0.15, 0.2) is 0 Å². The van der Waals surface area contributed by atoms with Gasteiger partial charge in [-0.3, -0.25) is 4.79 Å². The van der Waals surface area contributed by atoms with Crippen LogP contribution in [-0.4, -0.2) is 12.5 Å². The molecule has 0 spiro atoms. The molecule has 0 aromatic heterocycles. The minimum Gasteiger partial charge on any atom is -0.397 e. The van der Waals surface area contributed by atoms with Crippen molar-refractivity contribution >= 4 is 28.7 Å². The molecule has 1 aliphatic heterocycles. The SMILES string of the molecule is CCN(c1ccccc1)c1cc2c(cc1N)CC(=O)N2. The predicted molar refractivity (Wildman–Crippen MR) is 82.3 cm³/mol. The van der Waals surface area contributed by atoms with Gasteiger partial charge in [-0.2, -0.15) is 0 Å². The lowest BCUT2D eigenvalue weighted by atomic mass is 10.1. The molecule has 0 unspecified atom stereocenters. The average molecular weight is 267 g/mol. The number of amides is 1. The van der Waals surface area contributed by atoms with Crippen LogP contribution in [0.4, 0.5) is 22.7 Å². The Morgan fingerprint density at radius 2 is 2.00 bits per heavy atom. The van der Waals surface area contributed by atoms with Crippen LogP contribution in [0.15, 0.2) is 42.5 Å². The lowest BCUT2D eigenvalue weighted by Crippen LogP contribution is -2.17. The number of benzene rings is 2. The van der Waals surface area contributed by atoms with E-state index in [-0.39, 0.29) is 5.91 Å². The molecule has 0 saturated heterocycles. The summed E-state index contributed by atoms with van der Waals surface area (Å²) in [7, 11) is 0. The number of rotatable bonds is 3. The smallest absolute Gasteiger partial charge is 0.228 e. The quantitative estimate of drug-likeness (QED) is 0.841. The van der Waals surface area contributed by atoms with E-state index in [0.717, 1.165) is 29.2 Å². The summed E-state index contributed by atoms with van der Waals surface area (Å²) in [6.45, 7) is 2.89. The fourth-order valence-electron chi connectivity index (χ4n) is 2.62. The highest BCUT2D eigenvalue weighted by molar-refractivity contribution is 6.01. The molecular formula is C16H17N3O. The molecule has 0 aliphatic carbocycles. The number of nitrogens with two attached hydrogens (primary N) is 1. The molecule has 0 saturated carbocycles. The van der Waals surface area contributed by atoms with Gasteiger partial charge in [0, 0.05) is 17.9 Å². The standard InChI is InChI=1S/C16H17N3O/c1-2-19(12-6-4-3-5-7-12)15-10-14-11(8-13(15)17)9-16(20)18-14/h3-8,10H,2,9,17H2,1H3,(H,18,20). The lowest BCUT2D eigenvalue weighted by molar-refractivity contribution is -0.115. The molecular weight excluding hydrogens is 250 g/mol. The molecule has 0 bridgehead atoms. The number of nitrogens with one attached hydrogen (secondary N) is 1. The maximum atomic E-state index is 11.5. The van der Waals surface area contributed by atoms with Crippen LogP contribution in [0.1, 0.15) is 12.5 Å². The van der Waals surface area contributed by atoms with E-state index in [0.29, 0.717) is 12.1 Å². The number of para-hydroxylation sites is 1. The molecule has 3 N–H and O–H groups in total. The summed E-state index contributed by atoms with van der Waals surface area (Å²) in [6.07, 6.45) is 0.414. The van der Waals surface area contributed by atoms with E-state index >= 15 is 0 Å². The van der Waals surface area contributed by atoms with Gasteiger partial charge in [0.1, 0.15) is 0 Å². The molecule has 2 aromatic rings.